The van der Waals surface area contributed by atoms with Crippen LogP contribution in [0, 0.1) is 11.8 Å². The Morgan fingerprint density at radius 3 is 1.73 bits per heavy atom. The Bertz CT molecular complexity index is 1820. The Balaban J connectivity index is 3.04. The van der Waals surface area contributed by atoms with E-state index in [4.69, 9.17) is 17.2 Å². The van der Waals surface area contributed by atoms with E-state index in [1.807, 2.05) is 0 Å². The smallest absolute Gasteiger partial charge is 0.326 e. The van der Waals surface area contributed by atoms with Gasteiger partial charge in [0.1, 0.15) is 42.3 Å². The number of aliphatic hydroxyl groups excluding tert-OH is 2. The Morgan fingerprint density at radius 2 is 1.20 bits per heavy atom. The zero-order valence-corrected chi connectivity index (χ0v) is 38.3. The van der Waals surface area contributed by atoms with Crippen molar-refractivity contribution < 1.29 is 63.3 Å². The minimum Gasteiger partial charge on any atom is -0.480 e. The highest BCUT2D eigenvalue weighted by Crippen LogP contribution is 2.09. The van der Waals surface area contributed by atoms with Gasteiger partial charge in [0.25, 0.3) is 0 Å². The van der Waals surface area contributed by atoms with Crippen molar-refractivity contribution in [1.29, 1.82) is 0 Å². The quantitative estimate of drug-likeness (QED) is 0.0322. The number of aliphatic carboxylic acids is 1. The molecule has 17 N–H and O–H groups in total. The van der Waals surface area contributed by atoms with Crippen molar-refractivity contribution in [3.8, 4) is 0 Å². The lowest BCUT2D eigenvalue weighted by molar-refractivity contribution is -0.142. The van der Waals surface area contributed by atoms with Crippen molar-refractivity contribution in [2.75, 3.05) is 19.7 Å². The Labute approximate surface area is 383 Å². The fourth-order valence-corrected chi connectivity index (χ4v) is 6.21. The minimum absolute atomic E-state index is 0.0354. The normalized spacial score (nSPS) is 15.2. The highest BCUT2D eigenvalue weighted by molar-refractivity contribution is 5.99. The third-order valence-corrected chi connectivity index (χ3v) is 9.89. The number of benzene rings is 1. The molecule has 0 radical (unpaired) electrons. The van der Waals surface area contributed by atoms with E-state index in [2.05, 4.69) is 42.5 Å². The molecule has 24 nitrogen and oxygen atoms in total. The zero-order chi connectivity index (χ0) is 50.3. The maximum Gasteiger partial charge on any atom is 0.326 e. The van der Waals surface area contributed by atoms with Gasteiger partial charge >= 0.3 is 5.97 Å². The van der Waals surface area contributed by atoms with E-state index in [9.17, 15) is 63.3 Å². The molecule has 1 aromatic carbocycles. The van der Waals surface area contributed by atoms with Gasteiger partial charge in [-0.05, 0) is 69.9 Å². The first-order valence-electron chi connectivity index (χ1n) is 21.6. The van der Waals surface area contributed by atoms with Gasteiger partial charge in [0, 0.05) is 0 Å². The van der Waals surface area contributed by atoms with E-state index in [1.165, 1.54) is 13.8 Å². The summed E-state index contributed by atoms with van der Waals surface area (Å²) in [5, 5.41) is 48.5. The highest BCUT2D eigenvalue weighted by atomic mass is 16.4. The molecule has 0 aliphatic heterocycles. The molecule has 0 saturated heterocycles. The largest absolute Gasteiger partial charge is 0.480 e. The van der Waals surface area contributed by atoms with Crippen LogP contribution in [-0.4, -0.2) is 149 Å². The van der Waals surface area contributed by atoms with Crippen LogP contribution in [-0.2, 0) is 54.4 Å². The van der Waals surface area contributed by atoms with Gasteiger partial charge in [-0.2, -0.15) is 0 Å². The van der Waals surface area contributed by atoms with Crippen LogP contribution >= 0.6 is 0 Å². The molecule has 0 aliphatic carbocycles. The van der Waals surface area contributed by atoms with E-state index in [1.54, 1.807) is 58.0 Å². The van der Waals surface area contributed by atoms with Crippen molar-refractivity contribution in [2.45, 2.75) is 135 Å². The van der Waals surface area contributed by atoms with Crippen LogP contribution in [0.25, 0.3) is 0 Å². The number of unbranched alkanes of at least 4 members (excludes halogenated alkanes) is 1. The monoisotopic (exact) mass is 936 g/mol. The maximum atomic E-state index is 13.6. The third kappa shape index (κ3) is 21.2. The predicted molar refractivity (Wildman–Crippen MR) is 238 cm³/mol. The number of hydrogen-bond acceptors (Lipinski definition) is 14. The summed E-state index contributed by atoms with van der Waals surface area (Å²) in [6, 6.07) is -2.43. The number of hydrogen-bond donors (Lipinski definition) is 14. The summed E-state index contributed by atoms with van der Waals surface area (Å²) in [6.45, 7) is 7.71. The van der Waals surface area contributed by atoms with Crippen LogP contribution in [0.2, 0.25) is 0 Å². The van der Waals surface area contributed by atoms with Crippen LogP contribution in [0.5, 0.6) is 0 Å². The molecule has 0 bridgehead atoms. The van der Waals surface area contributed by atoms with E-state index >= 15 is 0 Å². The molecule has 0 saturated carbocycles. The Hall–Kier alpha value is -6.24. The Morgan fingerprint density at radius 1 is 0.636 bits per heavy atom. The third-order valence-electron chi connectivity index (χ3n) is 9.89. The van der Waals surface area contributed by atoms with Crippen molar-refractivity contribution in [3.05, 3.63) is 35.9 Å². The van der Waals surface area contributed by atoms with Gasteiger partial charge in [0.15, 0.2) is 0 Å². The summed E-state index contributed by atoms with van der Waals surface area (Å²) in [5.74, 6) is -10.6. The van der Waals surface area contributed by atoms with Gasteiger partial charge in [-0.15, -0.1) is 0 Å². The van der Waals surface area contributed by atoms with Gasteiger partial charge < -0.3 is 75.1 Å². The summed E-state index contributed by atoms with van der Waals surface area (Å²) in [4.78, 5) is 129. The molecule has 1 rings (SSSR count). The number of carboxylic acids is 1. The predicted octanol–water partition coefficient (Wildman–Crippen LogP) is -4.75. The summed E-state index contributed by atoms with van der Waals surface area (Å²) in [6.07, 6.45) is -1.12. The van der Waals surface area contributed by atoms with Gasteiger partial charge in [0.05, 0.1) is 31.7 Å². The number of carbonyl (C=O) groups is 10. The number of nitrogens with two attached hydrogens (primary N) is 3. The van der Waals surface area contributed by atoms with Crippen LogP contribution in [0.3, 0.4) is 0 Å². The highest BCUT2D eigenvalue weighted by Gasteiger charge is 2.35. The lowest BCUT2D eigenvalue weighted by atomic mass is 10.0. The van der Waals surface area contributed by atoms with Crippen LogP contribution in [0.4, 0.5) is 0 Å². The van der Waals surface area contributed by atoms with E-state index in [-0.39, 0.29) is 25.2 Å². The fourth-order valence-electron chi connectivity index (χ4n) is 6.21. The molecule has 0 aromatic heterocycles. The second-order valence-electron chi connectivity index (χ2n) is 16.6. The average molecular weight is 936 g/mol. The molecule has 370 valence electrons. The maximum absolute atomic E-state index is 13.6. The number of carbonyl (C=O) groups excluding carboxylic acids is 9. The minimum atomic E-state index is -1.74. The van der Waals surface area contributed by atoms with Crippen LogP contribution < -0.4 is 59.7 Å². The second-order valence-corrected chi connectivity index (χ2v) is 16.6. The molecular weight excluding hydrogens is 867 g/mol. The summed E-state index contributed by atoms with van der Waals surface area (Å²) < 4.78 is 0. The number of primary amides is 1. The fraction of sp³-hybridized carbons (Fsp3) is 0.619. The topological polar surface area (TPSA) is 406 Å². The van der Waals surface area contributed by atoms with E-state index in [0.717, 1.165) is 5.56 Å². The van der Waals surface area contributed by atoms with Gasteiger partial charge in [-0.25, -0.2) is 4.79 Å². The molecular formula is C42H69N11O13. The molecule has 0 aliphatic rings. The van der Waals surface area contributed by atoms with Crippen molar-refractivity contribution >= 4 is 59.1 Å². The molecule has 0 spiro atoms. The van der Waals surface area contributed by atoms with Gasteiger partial charge in [-0.1, -0.05) is 58.0 Å². The van der Waals surface area contributed by atoms with Crippen molar-refractivity contribution in [3.63, 3.8) is 0 Å². The molecule has 9 atom stereocenters. The molecule has 66 heavy (non-hydrogen) atoms. The van der Waals surface area contributed by atoms with Crippen LogP contribution in [0.15, 0.2) is 30.3 Å². The summed E-state index contributed by atoms with van der Waals surface area (Å²) >= 11 is 0. The summed E-state index contributed by atoms with van der Waals surface area (Å²) in [7, 11) is 0. The summed E-state index contributed by atoms with van der Waals surface area (Å²) in [5.41, 5.74) is 17.7. The molecule has 0 unspecified atom stereocenters. The standard InChI is InChI=1S/C42H69N11O13/c1-21(2)16-28(37(60)47-23(5)35(58)53-34(24(6)55)40(63)46-19-32(57)48-27(42(65)66)14-10-11-15-43)49-38(61)29(18-31(45)56)50-39(62)30(20-54)51-41(64)33(22(3)4)52-36(59)26(44)17-25-12-8-7-9-13-25/h7-9,12-13,21-24,26-30,33-34,54-55H,10-11,14-20,43-44H2,1-6H3,(H2,45,56)(H,46,63)(H,47,60)(H,48,57)(H,49,61)(H,50,62)(H,51,64)(H,52,59)(H,53,58)(H,65,66)/t23-,24+,26-,27-,28-,29-,30-,33-,34-/m0/s1. The number of amides is 9. The zero-order valence-electron chi connectivity index (χ0n) is 38.3. The lowest BCUT2D eigenvalue weighted by Crippen LogP contribution is -2.61. The first-order valence-corrected chi connectivity index (χ1v) is 21.6. The van der Waals surface area contributed by atoms with Gasteiger partial charge in [0.2, 0.25) is 53.2 Å². The number of aliphatic hydroxyl groups is 2. The van der Waals surface area contributed by atoms with E-state index < -0.39 is 139 Å². The number of rotatable bonds is 30. The van der Waals surface area contributed by atoms with E-state index in [0.29, 0.717) is 19.4 Å². The van der Waals surface area contributed by atoms with Crippen molar-refractivity contribution in [2.24, 2.45) is 29.0 Å². The first-order chi connectivity index (χ1) is 30.9. The first kappa shape index (κ1) is 57.8. The SMILES string of the molecule is CC(C)C[C@H](NC(=O)[C@H](CC(N)=O)NC(=O)[C@H](CO)NC(=O)[C@@H](NC(=O)[C@@H](N)Cc1ccccc1)C(C)C)C(=O)N[C@@H](C)C(=O)N[C@H](C(=O)NCC(=O)N[C@@H](CCCCN)C(=O)O)[C@@H](C)O. The molecule has 1 aromatic rings. The molecule has 24 heteroatoms. The molecule has 0 fully saturated rings. The molecule has 9 amide bonds. The van der Waals surface area contributed by atoms with Crippen LogP contribution in [0.1, 0.15) is 79.2 Å². The van der Waals surface area contributed by atoms with Gasteiger partial charge in [-0.3, -0.25) is 43.2 Å². The van der Waals surface area contributed by atoms with Crippen molar-refractivity contribution in [1.82, 2.24) is 42.5 Å². The lowest BCUT2D eigenvalue weighted by Gasteiger charge is -2.28. The number of nitrogens with one attached hydrogen (secondary N) is 8. The Kier molecular flexibility index (Phi) is 25.7. The average Bonchev–Trinajstić information content (AvgIpc) is 3.24. The second kappa shape index (κ2) is 29.3. The molecule has 0 heterocycles. The number of carboxylic acid groups (broad SMARTS) is 1.